The Balaban J connectivity index is 1.36. The van der Waals surface area contributed by atoms with Crippen LogP contribution < -0.4 is 4.74 Å². The SMILES string of the molecule is CCN(CC(F)(F)F)[C@H]1CC[C@H](CCN2CCC(Cc3cc(OC(C)C)ccc3Br)CC2)CC1. The molecule has 2 fully saturated rings. The Bertz CT molecular complexity index is 742. The summed E-state index contributed by atoms with van der Waals surface area (Å²) >= 11 is 3.71. The number of ether oxygens (including phenoxy) is 1. The highest BCUT2D eigenvalue weighted by Crippen LogP contribution is 2.33. The molecule has 0 amide bonds. The molecule has 3 nitrogen and oxygen atoms in total. The number of piperidine rings is 1. The quantitative estimate of drug-likeness (QED) is 0.305. The summed E-state index contributed by atoms with van der Waals surface area (Å²) in [5.41, 5.74) is 1.33. The normalized spacial score (nSPS) is 23.1. The molecular weight excluding hydrogens is 505 g/mol. The van der Waals surface area contributed by atoms with E-state index in [-0.39, 0.29) is 12.1 Å². The number of rotatable bonds is 10. The van der Waals surface area contributed by atoms with Gasteiger partial charge in [-0.15, -0.1) is 0 Å². The predicted octanol–water partition coefficient (Wildman–Crippen LogP) is 7.32. The standard InChI is InChI=1S/C27H42BrF3N2O/c1-4-33(19-27(29,30)31)24-7-5-21(6-8-24)11-14-32-15-12-22(13-16-32)17-23-18-25(34-20(2)3)9-10-26(23)28/h9-10,18,20-22,24H,4-8,11-17,19H2,1-3H3/t21-,24-. The molecule has 34 heavy (non-hydrogen) atoms. The highest BCUT2D eigenvalue weighted by molar-refractivity contribution is 9.10. The molecule has 1 saturated carbocycles. The number of alkyl halides is 3. The first kappa shape index (κ1) is 27.8. The Morgan fingerprint density at radius 3 is 2.32 bits per heavy atom. The molecular formula is C27H42BrF3N2O. The Morgan fingerprint density at radius 1 is 1.06 bits per heavy atom. The second-order valence-electron chi connectivity index (χ2n) is 10.6. The maximum atomic E-state index is 12.8. The monoisotopic (exact) mass is 546 g/mol. The molecule has 0 atom stereocenters. The second-order valence-corrected chi connectivity index (χ2v) is 11.4. The van der Waals surface area contributed by atoms with E-state index in [9.17, 15) is 13.2 Å². The van der Waals surface area contributed by atoms with Crippen molar-refractivity contribution in [2.75, 3.05) is 32.7 Å². The Labute approximate surface area is 212 Å². The van der Waals surface area contributed by atoms with Gasteiger partial charge in [-0.25, -0.2) is 0 Å². The van der Waals surface area contributed by atoms with Crippen LogP contribution in [-0.2, 0) is 6.42 Å². The van der Waals surface area contributed by atoms with Crippen molar-refractivity contribution in [2.24, 2.45) is 11.8 Å². The van der Waals surface area contributed by atoms with Crippen molar-refractivity contribution in [2.45, 2.75) is 90.5 Å². The third-order valence-corrected chi connectivity index (χ3v) is 8.35. The molecule has 0 radical (unpaired) electrons. The summed E-state index contributed by atoms with van der Waals surface area (Å²) < 4.78 is 45.5. The molecule has 1 aliphatic carbocycles. The van der Waals surface area contributed by atoms with Crippen molar-refractivity contribution in [1.29, 1.82) is 0 Å². The Morgan fingerprint density at radius 2 is 1.74 bits per heavy atom. The van der Waals surface area contributed by atoms with Crippen LogP contribution in [0.15, 0.2) is 22.7 Å². The number of nitrogens with zero attached hydrogens (tertiary/aromatic N) is 2. The van der Waals surface area contributed by atoms with Gasteiger partial charge in [0, 0.05) is 10.5 Å². The van der Waals surface area contributed by atoms with Gasteiger partial charge in [-0.05, 0) is 127 Å². The molecule has 1 aliphatic heterocycles. The topological polar surface area (TPSA) is 15.7 Å². The van der Waals surface area contributed by atoms with E-state index in [1.165, 1.54) is 29.3 Å². The summed E-state index contributed by atoms with van der Waals surface area (Å²) in [6.07, 6.45) is 4.74. The van der Waals surface area contributed by atoms with Gasteiger partial charge in [0.25, 0.3) is 0 Å². The number of likely N-dealkylation sites (tertiary alicyclic amines) is 1. The summed E-state index contributed by atoms with van der Waals surface area (Å²) in [4.78, 5) is 4.22. The lowest BCUT2D eigenvalue weighted by atomic mass is 9.83. The van der Waals surface area contributed by atoms with Crippen LogP contribution in [0.5, 0.6) is 5.75 Å². The minimum atomic E-state index is -4.10. The molecule has 0 aromatic heterocycles. The van der Waals surface area contributed by atoms with Gasteiger partial charge in [0.1, 0.15) is 5.75 Å². The number of hydrogen-bond acceptors (Lipinski definition) is 3. The van der Waals surface area contributed by atoms with Crippen LogP contribution in [0.25, 0.3) is 0 Å². The van der Waals surface area contributed by atoms with Crippen molar-refractivity contribution in [3.8, 4) is 5.75 Å². The maximum Gasteiger partial charge on any atom is 0.401 e. The molecule has 1 heterocycles. The van der Waals surface area contributed by atoms with Gasteiger partial charge >= 0.3 is 6.18 Å². The first-order chi connectivity index (χ1) is 16.1. The van der Waals surface area contributed by atoms with Crippen LogP contribution in [-0.4, -0.2) is 60.8 Å². The van der Waals surface area contributed by atoms with Crippen molar-refractivity contribution >= 4 is 15.9 Å². The smallest absolute Gasteiger partial charge is 0.401 e. The average molecular weight is 548 g/mol. The van der Waals surface area contributed by atoms with E-state index in [0.29, 0.717) is 18.4 Å². The van der Waals surface area contributed by atoms with E-state index >= 15 is 0 Å². The first-order valence-electron chi connectivity index (χ1n) is 13.1. The average Bonchev–Trinajstić information content (AvgIpc) is 2.79. The molecule has 1 saturated heterocycles. The van der Waals surface area contributed by atoms with E-state index in [1.54, 1.807) is 4.90 Å². The first-order valence-corrected chi connectivity index (χ1v) is 13.9. The fraction of sp³-hybridized carbons (Fsp3) is 0.778. The van der Waals surface area contributed by atoms with E-state index in [4.69, 9.17) is 4.74 Å². The largest absolute Gasteiger partial charge is 0.491 e. The van der Waals surface area contributed by atoms with E-state index < -0.39 is 12.7 Å². The Kier molecular flexibility index (Phi) is 10.6. The van der Waals surface area contributed by atoms with E-state index in [1.807, 2.05) is 13.0 Å². The van der Waals surface area contributed by atoms with Gasteiger partial charge in [0.05, 0.1) is 12.6 Å². The fourth-order valence-electron chi connectivity index (χ4n) is 5.67. The predicted molar refractivity (Wildman–Crippen MR) is 136 cm³/mol. The van der Waals surface area contributed by atoms with Crippen molar-refractivity contribution < 1.29 is 17.9 Å². The lowest BCUT2D eigenvalue weighted by Gasteiger charge is -2.38. The summed E-state index contributed by atoms with van der Waals surface area (Å²) in [5, 5.41) is 0. The van der Waals surface area contributed by atoms with Gasteiger partial charge in [0.2, 0.25) is 0 Å². The molecule has 2 aliphatic rings. The minimum Gasteiger partial charge on any atom is -0.491 e. The molecule has 3 rings (SSSR count). The van der Waals surface area contributed by atoms with Crippen molar-refractivity contribution in [3.63, 3.8) is 0 Å². The molecule has 7 heteroatoms. The highest BCUT2D eigenvalue weighted by Gasteiger charge is 2.34. The van der Waals surface area contributed by atoms with Crippen LogP contribution in [0.3, 0.4) is 0 Å². The molecule has 0 unspecified atom stereocenters. The van der Waals surface area contributed by atoms with Crippen LogP contribution in [0.4, 0.5) is 13.2 Å². The second kappa shape index (κ2) is 13.0. The molecule has 1 aromatic rings. The highest BCUT2D eigenvalue weighted by atomic mass is 79.9. The lowest BCUT2D eigenvalue weighted by molar-refractivity contribution is -0.152. The summed E-state index contributed by atoms with van der Waals surface area (Å²) in [6, 6.07) is 6.41. The zero-order valence-electron chi connectivity index (χ0n) is 21.0. The van der Waals surface area contributed by atoms with E-state index in [2.05, 4.69) is 46.8 Å². The van der Waals surface area contributed by atoms with Crippen molar-refractivity contribution in [3.05, 3.63) is 28.2 Å². The third kappa shape index (κ3) is 9.02. The van der Waals surface area contributed by atoms with Gasteiger partial charge in [0.15, 0.2) is 0 Å². The maximum absolute atomic E-state index is 12.8. The minimum absolute atomic E-state index is 0.0994. The Hall–Kier alpha value is -0.790. The molecule has 0 bridgehead atoms. The van der Waals surface area contributed by atoms with Gasteiger partial charge in [-0.1, -0.05) is 22.9 Å². The lowest BCUT2D eigenvalue weighted by Crippen LogP contribution is -2.43. The summed E-state index contributed by atoms with van der Waals surface area (Å²) in [7, 11) is 0. The summed E-state index contributed by atoms with van der Waals surface area (Å²) in [6.45, 7) is 9.09. The molecule has 0 N–H and O–H groups in total. The molecule has 1 aromatic carbocycles. The van der Waals surface area contributed by atoms with Gasteiger partial charge < -0.3 is 9.64 Å². The third-order valence-electron chi connectivity index (χ3n) is 7.58. The molecule has 0 spiro atoms. The number of halogens is 4. The molecule has 194 valence electrons. The van der Waals surface area contributed by atoms with Crippen LogP contribution >= 0.6 is 15.9 Å². The van der Waals surface area contributed by atoms with Gasteiger partial charge in [-0.2, -0.15) is 13.2 Å². The van der Waals surface area contributed by atoms with Crippen LogP contribution in [0.2, 0.25) is 0 Å². The number of benzene rings is 1. The van der Waals surface area contributed by atoms with Crippen molar-refractivity contribution in [1.82, 2.24) is 9.80 Å². The van der Waals surface area contributed by atoms with Crippen LogP contribution in [0, 0.1) is 11.8 Å². The van der Waals surface area contributed by atoms with Gasteiger partial charge in [-0.3, -0.25) is 4.90 Å². The van der Waals surface area contributed by atoms with Crippen LogP contribution in [0.1, 0.15) is 71.3 Å². The number of hydrogen-bond donors (Lipinski definition) is 0. The summed E-state index contributed by atoms with van der Waals surface area (Å²) in [5.74, 6) is 2.31. The fourth-order valence-corrected chi connectivity index (χ4v) is 6.08. The van der Waals surface area contributed by atoms with E-state index in [0.717, 1.165) is 57.5 Å². The zero-order chi connectivity index (χ0) is 24.7. The zero-order valence-corrected chi connectivity index (χ0v) is 22.6.